The van der Waals surface area contributed by atoms with Crippen molar-refractivity contribution in [2.45, 2.75) is 63.7 Å². The number of carbonyl (C=O) groups excluding carboxylic acids is 3. The number of carboxylic acids is 1. The van der Waals surface area contributed by atoms with Crippen LogP contribution in [0.5, 0.6) is 0 Å². The lowest BCUT2D eigenvalue weighted by atomic mass is 9.98. The summed E-state index contributed by atoms with van der Waals surface area (Å²) in [4.78, 5) is 49.7. The van der Waals surface area contributed by atoms with Crippen LogP contribution in [0.3, 0.4) is 0 Å². The second-order valence-electron chi connectivity index (χ2n) is 13.5. The molecule has 0 spiro atoms. The molecular formula is C44H48ClN3O8. The molecule has 4 aromatic carbocycles. The zero-order valence-electron chi connectivity index (χ0n) is 31.2. The molecule has 1 aliphatic carbocycles. The molecule has 0 aromatic heterocycles. The normalized spacial score (nSPS) is 12.9. The largest absolute Gasteiger partial charge is 0.481 e. The number of alkyl carbamates (subject to hydrolysis) is 3. The van der Waals surface area contributed by atoms with Crippen molar-refractivity contribution < 1.29 is 38.5 Å². The molecule has 0 saturated heterocycles. The van der Waals surface area contributed by atoms with Crippen LogP contribution in [0.2, 0.25) is 5.02 Å². The third-order valence-electron chi connectivity index (χ3n) is 9.49. The van der Waals surface area contributed by atoms with Crippen molar-refractivity contribution in [3.05, 3.63) is 143 Å². The number of unbranched alkanes of at least 4 members (excludes halogenated alkanes) is 2. The van der Waals surface area contributed by atoms with Crippen LogP contribution in [0.1, 0.15) is 66.7 Å². The van der Waals surface area contributed by atoms with Gasteiger partial charge in [-0.1, -0.05) is 127 Å². The van der Waals surface area contributed by atoms with Gasteiger partial charge in [-0.05, 0) is 66.0 Å². The van der Waals surface area contributed by atoms with E-state index in [4.69, 9.17) is 25.8 Å². The molecule has 2 atom stereocenters. The predicted molar refractivity (Wildman–Crippen MR) is 214 cm³/mol. The highest BCUT2D eigenvalue weighted by Gasteiger charge is 2.29. The van der Waals surface area contributed by atoms with E-state index < -0.39 is 36.2 Å². The number of aliphatic carboxylic acids is 1. The Morgan fingerprint density at radius 2 is 1.21 bits per heavy atom. The third kappa shape index (κ3) is 12.9. The number of rotatable bonds is 20. The van der Waals surface area contributed by atoms with Gasteiger partial charge in [0.1, 0.15) is 19.8 Å². The Balaban J connectivity index is 1.11. The Kier molecular flexibility index (Phi) is 16.2. The number of carboxylic acid groups (broad SMARTS) is 1. The van der Waals surface area contributed by atoms with Crippen LogP contribution < -0.4 is 16.0 Å². The van der Waals surface area contributed by atoms with Crippen LogP contribution >= 0.6 is 11.6 Å². The fourth-order valence-corrected chi connectivity index (χ4v) is 6.71. The van der Waals surface area contributed by atoms with E-state index in [1.807, 2.05) is 72.8 Å². The number of amides is 3. The van der Waals surface area contributed by atoms with E-state index in [2.05, 4.69) is 28.1 Å². The van der Waals surface area contributed by atoms with Gasteiger partial charge < -0.3 is 35.3 Å². The number of carbonyl (C=O) groups is 4. The first-order valence-electron chi connectivity index (χ1n) is 18.9. The van der Waals surface area contributed by atoms with E-state index in [9.17, 15) is 24.3 Å². The quantitative estimate of drug-likeness (QED) is 0.0394. The summed E-state index contributed by atoms with van der Waals surface area (Å²) >= 11 is 6.14. The minimum absolute atomic E-state index is 0.0466. The first-order chi connectivity index (χ1) is 27.3. The van der Waals surface area contributed by atoms with E-state index in [-0.39, 0.29) is 25.7 Å². The van der Waals surface area contributed by atoms with E-state index in [1.54, 1.807) is 30.4 Å². The maximum Gasteiger partial charge on any atom is 0.407 e. The van der Waals surface area contributed by atoms with Gasteiger partial charge in [0.2, 0.25) is 0 Å². The van der Waals surface area contributed by atoms with Crippen LogP contribution in [-0.2, 0) is 32.2 Å². The summed E-state index contributed by atoms with van der Waals surface area (Å²) in [7, 11) is 0. The molecule has 1 aliphatic rings. The Bertz CT molecular complexity index is 1890. The summed E-state index contributed by atoms with van der Waals surface area (Å²) in [5.41, 5.74) is 6.02. The molecule has 12 heteroatoms. The summed E-state index contributed by atoms with van der Waals surface area (Å²) in [5, 5.41) is 18.8. The van der Waals surface area contributed by atoms with Crippen LogP contribution in [-0.4, -0.2) is 55.1 Å². The predicted octanol–water partition coefficient (Wildman–Crippen LogP) is 9.00. The minimum Gasteiger partial charge on any atom is -0.481 e. The first kappa shape index (κ1) is 41.4. The molecule has 4 N–H and O–H groups in total. The molecule has 0 unspecified atom stereocenters. The van der Waals surface area contributed by atoms with E-state index >= 15 is 0 Å². The van der Waals surface area contributed by atoms with Crippen LogP contribution in [0.4, 0.5) is 14.4 Å². The lowest BCUT2D eigenvalue weighted by Crippen LogP contribution is -2.35. The van der Waals surface area contributed by atoms with Gasteiger partial charge in [0.05, 0.1) is 12.0 Å². The molecule has 0 aliphatic heterocycles. The molecular weight excluding hydrogens is 734 g/mol. The maximum atomic E-state index is 13.2. The number of nitrogens with one attached hydrogen (secondary N) is 3. The van der Waals surface area contributed by atoms with E-state index in [1.165, 1.54) is 0 Å². The third-order valence-corrected chi connectivity index (χ3v) is 9.86. The van der Waals surface area contributed by atoms with Gasteiger partial charge >= 0.3 is 24.2 Å². The highest BCUT2D eigenvalue weighted by atomic mass is 35.5. The van der Waals surface area contributed by atoms with Crippen LogP contribution in [0, 0.1) is 5.92 Å². The Morgan fingerprint density at radius 3 is 1.86 bits per heavy atom. The fraction of sp³-hybridized carbons (Fsp3) is 0.318. The van der Waals surface area contributed by atoms with Crippen molar-refractivity contribution in [1.82, 2.24) is 16.0 Å². The van der Waals surface area contributed by atoms with Crippen molar-refractivity contribution in [1.29, 1.82) is 0 Å². The van der Waals surface area contributed by atoms with Crippen LogP contribution in [0.25, 0.3) is 11.1 Å². The highest BCUT2D eigenvalue weighted by Crippen LogP contribution is 2.44. The van der Waals surface area contributed by atoms with Crippen molar-refractivity contribution in [2.24, 2.45) is 5.92 Å². The molecule has 0 heterocycles. The topological polar surface area (TPSA) is 152 Å². The number of halogens is 1. The minimum atomic E-state index is -0.990. The number of hydrogen-bond acceptors (Lipinski definition) is 7. The summed E-state index contributed by atoms with van der Waals surface area (Å²) in [6.07, 6.45) is 4.69. The number of fused-ring (bicyclic) bond motifs is 3. The molecule has 56 heavy (non-hydrogen) atoms. The number of hydrogen-bond donors (Lipinski definition) is 4. The molecule has 5 rings (SSSR count). The maximum absolute atomic E-state index is 13.2. The second-order valence-corrected chi connectivity index (χ2v) is 13.9. The molecule has 4 aromatic rings. The Labute approximate surface area is 332 Å². The molecule has 0 bridgehead atoms. The van der Waals surface area contributed by atoms with Gasteiger partial charge in [0, 0.05) is 29.6 Å². The molecule has 11 nitrogen and oxygen atoms in total. The van der Waals surface area contributed by atoms with E-state index in [0.29, 0.717) is 62.2 Å². The first-order valence-corrected chi connectivity index (χ1v) is 19.3. The zero-order valence-corrected chi connectivity index (χ0v) is 31.9. The Hall–Kier alpha value is -5.81. The average molecular weight is 782 g/mol. The van der Waals surface area contributed by atoms with Crippen molar-refractivity contribution in [3.8, 4) is 11.1 Å². The van der Waals surface area contributed by atoms with Gasteiger partial charge in [-0.3, -0.25) is 4.79 Å². The SMILES string of the molecule is O=C(NCCCC[C@H](/C=C/[C@H](CCCCNC(=O)OCc1ccccc1Cl)NC(=O)OCC1c2ccccc2-c2ccccc21)C(=O)O)OCc1ccccc1. The van der Waals surface area contributed by atoms with Crippen molar-refractivity contribution in [2.75, 3.05) is 19.7 Å². The standard InChI is InChI=1S/C44H48ClN3O8/c45-40-23-9-4-17-33(40)29-55-43(52)47-27-13-11-18-34(48-44(53)56-30-39-37-21-7-5-19-35(37)36-20-6-8-22-38(36)39)25-24-32(41(49)50)16-10-12-26-46-42(51)54-28-31-14-2-1-3-15-31/h1-9,14-15,17,19-25,32,34,39H,10-13,16,18,26-30H2,(H,46,51)(H,47,52)(H,48,53)(H,49,50)/b25-24+/t32-,34+/m1/s1. The second kappa shape index (κ2) is 21.9. The number of ether oxygens (including phenoxy) is 3. The molecule has 294 valence electrons. The smallest absolute Gasteiger partial charge is 0.407 e. The molecule has 0 saturated carbocycles. The van der Waals surface area contributed by atoms with Crippen molar-refractivity contribution >= 4 is 35.8 Å². The average Bonchev–Trinajstić information content (AvgIpc) is 3.53. The zero-order chi connectivity index (χ0) is 39.5. The Morgan fingerprint density at radius 1 is 0.643 bits per heavy atom. The van der Waals surface area contributed by atoms with Gasteiger partial charge in [-0.25, -0.2) is 14.4 Å². The summed E-state index contributed by atoms with van der Waals surface area (Å²) in [5.74, 6) is -1.90. The number of benzene rings is 4. The molecule has 3 amide bonds. The van der Waals surface area contributed by atoms with E-state index in [0.717, 1.165) is 27.8 Å². The van der Waals surface area contributed by atoms with Crippen molar-refractivity contribution in [3.63, 3.8) is 0 Å². The summed E-state index contributed by atoms with van der Waals surface area (Å²) in [6, 6.07) is 32.1. The van der Waals surface area contributed by atoms with Gasteiger partial charge in [0.15, 0.2) is 0 Å². The monoisotopic (exact) mass is 781 g/mol. The van der Waals surface area contributed by atoms with Gasteiger partial charge in [-0.2, -0.15) is 0 Å². The lowest BCUT2D eigenvalue weighted by molar-refractivity contribution is -0.140. The highest BCUT2D eigenvalue weighted by molar-refractivity contribution is 6.31. The fourth-order valence-electron chi connectivity index (χ4n) is 6.52. The van der Waals surface area contributed by atoms with Gasteiger partial charge in [-0.15, -0.1) is 0 Å². The molecule has 0 radical (unpaired) electrons. The van der Waals surface area contributed by atoms with Crippen LogP contribution in [0.15, 0.2) is 115 Å². The lowest BCUT2D eigenvalue weighted by Gasteiger charge is -2.18. The molecule has 0 fully saturated rings. The summed E-state index contributed by atoms with van der Waals surface area (Å²) < 4.78 is 16.3. The summed E-state index contributed by atoms with van der Waals surface area (Å²) in [6.45, 7) is 1.04. The van der Waals surface area contributed by atoms with Gasteiger partial charge in [0.25, 0.3) is 0 Å².